The lowest BCUT2D eigenvalue weighted by molar-refractivity contribution is -0.153. The number of rotatable bonds is 4. The molecule has 2 aliphatic rings. The number of sulfone groups is 1. The van der Waals surface area contributed by atoms with Gasteiger partial charge in [0, 0.05) is 12.3 Å². The Morgan fingerprint density at radius 3 is 2.48 bits per heavy atom. The number of benzene rings is 1. The molecule has 3 rings (SSSR count). The molecule has 1 aromatic carbocycles. The van der Waals surface area contributed by atoms with Crippen LogP contribution in [0, 0.1) is 16.7 Å². The molecule has 0 aromatic heterocycles. The molecule has 0 amide bonds. The normalized spacial score (nSPS) is 32.0. The van der Waals surface area contributed by atoms with Crippen LogP contribution in [0.3, 0.4) is 0 Å². The molecule has 0 N–H and O–H groups in total. The largest absolute Gasteiger partial charge is 0.462 e. The monoisotopic (exact) mass is 336 g/mol. The SMILES string of the molecule is CC(=O)OC1CC2CCC1(CS(=O)(=O)c1ccccc1)C2(C)C. The van der Waals surface area contributed by atoms with Crippen molar-refractivity contribution < 1.29 is 17.9 Å². The van der Waals surface area contributed by atoms with E-state index in [9.17, 15) is 13.2 Å². The molecule has 4 nitrogen and oxygen atoms in total. The number of carbonyl (C=O) groups excluding carboxylic acids is 1. The highest BCUT2D eigenvalue weighted by Gasteiger charge is 2.66. The first-order valence-corrected chi connectivity index (χ1v) is 9.79. The lowest BCUT2D eigenvalue weighted by Gasteiger charge is -2.41. The summed E-state index contributed by atoms with van der Waals surface area (Å²) in [6, 6.07) is 8.57. The van der Waals surface area contributed by atoms with Gasteiger partial charge in [-0.1, -0.05) is 32.0 Å². The third kappa shape index (κ3) is 2.49. The van der Waals surface area contributed by atoms with Crippen molar-refractivity contribution in [2.24, 2.45) is 16.7 Å². The van der Waals surface area contributed by atoms with Crippen LogP contribution in [0.25, 0.3) is 0 Å². The molecule has 1 aromatic rings. The van der Waals surface area contributed by atoms with Crippen LogP contribution in [0.1, 0.15) is 40.0 Å². The van der Waals surface area contributed by atoms with Gasteiger partial charge in [-0.25, -0.2) is 8.42 Å². The molecule has 0 radical (unpaired) electrons. The van der Waals surface area contributed by atoms with Crippen LogP contribution in [0.4, 0.5) is 0 Å². The molecule has 3 unspecified atom stereocenters. The fourth-order valence-corrected chi connectivity index (χ4v) is 6.88. The maximum atomic E-state index is 12.9. The Morgan fingerprint density at radius 2 is 1.91 bits per heavy atom. The summed E-state index contributed by atoms with van der Waals surface area (Å²) in [5, 5.41) is 0. The first-order chi connectivity index (χ1) is 10.7. The highest BCUT2D eigenvalue weighted by molar-refractivity contribution is 7.91. The molecule has 5 heteroatoms. The van der Waals surface area contributed by atoms with Gasteiger partial charge >= 0.3 is 5.97 Å². The second-order valence-electron chi connectivity index (χ2n) is 7.52. The molecule has 0 spiro atoms. The van der Waals surface area contributed by atoms with Crippen molar-refractivity contribution in [3.63, 3.8) is 0 Å². The molecule has 0 saturated heterocycles. The molecule has 23 heavy (non-hydrogen) atoms. The van der Waals surface area contributed by atoms with E-state index in [2.05, 4.69) is 13.8 Å². The molecule has 2 saturated carbocycles. The Labute approximate surface area is 138 Å². The first kappa shape index (κ1) is 16.5. The van der Waals surface area contributed by atoms with Gasteiger partial charge in [-0.3, -0.25) is 4.79 Å². The average Bonchev–Trinajstić information content (AvgIpc) is 2.81. The van der Waals surface area contributed by atoms with E-state index in [4.69, 9.17) is 4.74 Å². The fourth-order valence-electron chi connectivity index (χ4n) is 4.76. The zero-order valence-corrected chi connectivity index (χ0v) is 14.7. The van der Waals surface area contributed by atoms with E-state index in [-0.39, 0.29) is 23.2 Å². The van der Waals surface area contributed by atoms with Crippen LogP contribution in [-0.2, 0) is 19.4 Å². The maximum Gasteiger partial charge on any atom is 0.302 e. The summed E-state index contributed by atoms with van der Waals surface area (Å²) in [6.45, 7) is 5.67. The number of ether oxygens (including phenoxy) is 1. The molecular formula is C18H24O4S. The molecule has 126 valence electrons. The Kier molecular flexibility index (Phi) is 3.82. The number of hydrogen-bond acceptors (Lipinski definition) is 4. The van der Waals surface area contributed by atoms with E-state index in [1.165, 1.54) is 6.92 Å². The van der Waals surface area contributed by atoms with Gasteiger partial charge in [-0.15, -0.1) is 0 Å². The minimum atomic E-state index is -3.42. The van der Waals surface area contributed by atoms with Crippen molar-refractivity contribution in [3.05, 3.63) is 30.3 Å². The highest BCUT2D eigenvalue weighted by atomic mass is 32.2. The summed E-state index contributed by atoms with van der Waals surface area (Å²) < 4.78 is 31.5. The third-order valence-electron chi connectivity index (χ3n) is 6.22. The fraction of sp³-hybridized carbons (Fsp3) is 0.611. The van der Waals surface area contributed by atoms with Crippen LogP contribution in [0.15, 0.2) is 35.2 Å². The Balaban J connectivity index is 1.99. The first-order valence-electron chi connectivity index (χ1n) is 8.14. The standard InChI is InChI=1S/C18H24O4S/c1-13(19)22-16-11-14-9-10-18(16,17(14,2)3)12-23(20,21)15-7-5-4-6-8-15/h4-8,14,16H,9-12H2,1-3H3. The Morgan fingerprint density at radius 1 is 1.26 bits per heavy atom. The molecule has 0 heterocycles. The number of carbonyl (C=O) groups is 1. The zero-order valence-electron chi connectivity index (χ0n) is 13.9. The van der Waals surface area contributed by atoms with Gasteiger partial charge in [-0.2, -0.15) is 0 Å². The summed E-state index contributed by atoms with van der Waals surface area (Å²) in [5.74, 6) is 0.138. The van der Waals surface area contributed by atoms with Gasteiger partial charge in [-0.05, 0) is 42.7 Å². The lowest BCUT2D eigenvalue weighted by atomic mass is 9.69. The maximum absolute atomic E-state index is 12.9. The molecule has 2 aliphatic carbocycles. The van der Waals surface area contributed by atoms with E-state index < -0.39 is 15.3 Å². The van der Waals surface area contributed by atoms with Crippen LogP contribution < -0.4 is 0 Å². The van der Waals surface area contributed by atoms with Crippen LogP contribution >= 0.6 is 0 Å². The minimum Gasteiger partial charge on any atom is -0.462 e. The number of esters is 1. The predicted octanol–water partition coefficient (Wildman–Crippen LogP) is 3.22. The highest BCUT2D eigenvalue weighted by Crippen LogP contribution is 2.67. The lowest BCUT2D eigenvalue weighted by Crippen LogP contribution is -2.46. The zero-order chi connectivity index (χ0) is 16.9. The molecule has 2 fully saturated rings. The Hall–Kier alpha value is -1.36. The third-order valence-corrected chi connectivity index (χ3v) is 8.10. The second kappa shape index (κ2) is 5.33. The van der Waals surface area contributed by atoms with Crippen molar-refractivity contribution in [1.82, 2.24) is 0 Å². The summed E-state index contributed by atoms with van der Waals surface area (Å²) in [4.78, 5) is 11.8. The van der Waals surface area contributed by atoms with Crippen molar-refractivity contribution >= 4 is 15.8 Å². The number of hydrogen-bond donors (Lipinski definition) is 0. The van der Waals surface area contributed by atoms with Gasteiger partial charge in [0.15, 0.2) is 9.84 Å². The summed E-state index contributed by atoms with van der Waals surface area (Å²) >= 11 is 0. The van der Waals surface area contributed by atoms with E-state index in [1.807, 2.05) is 6.07 Å². The van der Waals surface area contributed by atoms with Crippen molar-refractivity contribution in [2.45, 2.75) is 51.0 Å². The summed E-state index contributed by atoms with van der Waals surface area (Å²) in [7, 11) is -3.42. The topological polar surface area (TPSA) is 60.4 Å². The van der Waals surface area contributed by atoms with Crippen LogP contribution in [0.2, 0.25) is 0 Å². The van der Waals surface area contributed by atoms with Crippen LogP contribution in [0.5, 0.6) is 0 Å². The van der Waals surface area contributed by atoms with Gasteiger partial charge in [0.1, 0.15) is 6.10 Å². The number of fused-ring (bicyclic) bond motifs is 2. The van der Waals surface area contributed by atoms with Gasteiger partial charge in [0.2, 0.25) is 0 Å². The summed E-state index contributed by atoms with van der Waals surface area (Å²) in [6.07, 6.45) is 2.29. The molecule has 2 bridgehead atoms. The van der Waals surface area contributed by atoms with Gasteiger partial charge in [0.25, 0.3) is 0 Å². The predicted molar refractivity (Wildman–Crippen MR) is 87.6 cm³/mol. The quantitative estimate of drug-likeness (QED) is 0.792. The molecule has 3 atom stereocenters. The van der Waals surface area contributed by atoms with Crippen LogP contribution in [-0.4, -0.2) is 26.2 Å². The van der Waals surface area contributed by atoms with Gasteiger partial charge < -0.3 is 4.74 Å². The second-order valence-corrected chi connectivity index (χ2v) is 9.51. The smallest absolute Gasteiger partial charge is 0.302 e. The van der Waals surface area contributed by atoms with Crippen molar-refractivity contribution in [3.8, 4) is 0 Å². The van der Waals surface area contributed by atoms with Crippen molar-refractivity contribution in [2.75, 3.05) is 5.75 Å². The molecule has 0 aliphatic heterocycles. The van der Waals surface area contributed by atoms with E-state index in [0.717, 1.165) is 19.3 Å². The summed E-state index contributed by atoms with van der Waals surface area (Å²) in [5.41, 5.74) is -0.632. The Bertz CT molecular complexity index is 708. The van der Waals surface area contributed by atoms with Crippen molar-refractivity contribution in [1.29, 1.82) is 0 Å². The van der Waals surface area contributed by atoms with E-state index in [1.54, 1.807) is 24.3 Å². The minimum absolute atomic E-state index is 0.0471. The average molecular weight is 336 g/mol. The van der Waals surface area contributed by atoms with E-state index in [0.29, 0.717) is 10.8 Å². The van der Waals surface area contributed by atoms with E-state index >= 15 is 0 Å². The van der Waals surface area contributed by atoms with Gasteiger partial charge in [0.05, 0.1) is 10.6 Å². The molecular weight excluding hydrogens is 312 g/mol.